The van der Waals surface area contributed by atoms with Crippen LogP contribution in [-0.2, 0) is 0 Å². The van der Waals surface area contributed by atoms with Gasteiger partial charge in [0.25, 0.3) is 0 Å². The summed E-state index contributed by atoms with van der Waals surface area (Å²) in [5.41, 5.74) is 2.10. The van der Waals surface area contributed by atoms with Crippen LogP contribution in [0.2, 0.25) is 13.7 Å². The summed E-state index contributed by atoms with van der Waals surface area (Å²) in [6, 6.07) is 8.01. The highest BCUT2D eigenvalue weighted by Crippen LogP contribution is 2.38. The number of rotatable bonds is 5. The van der Waals surface area contributed by atoms with Crippen LogP contribution in [-0.4, -0.2) is 6.54 Å². The van der Waals surface area contributed by atoms with Crippen LogP contribution in [0.15, 0.2) is 24.3 Å². The van der Waals surface area contributed by atoms with Gasteiger partial charge in [-0.05, 0) is 59.3 Å². The molecule has 0 spiro atoms. The lowest BCUT2D eigenvalue weighted by Gasteiger charge is -2.19. The molecule has 0 radical (unpaired) electrons. The molecule has 2 aromatic rings. The Kier molecular flexibility index (Phi) is 6.45. The fraction of sp³-hybridized carbons (Fsp3) is 0.286. The van der Waals surface area contributed by atoms with Crippen LogP contribution in [0.5, 0.6) is 0 Å². The predicted octanol–water partition coefficient (Wildman–Crippen LogP) is 6.40. The minimum atomic E-state index is 0.0145. The van der Waals surface area contributed by atoms with Crippen LogP contribution >= 0.6 is 68.7 Å². The molecule has 20 heavy (non-hydrogen) atoms. The molecule has 2 rings (SSSR count). The first-order valence-corrected chi connectivity index (χ1v) is 9.19. The average Bonchev–Trinajstić information content (AvgIpc) is 2.73. The zero-order valence-corrected chi connectivity index (χ0v) is 16.0. The summed E-state index contributed by atoms with van der Waals surface area (Å²) < 4.78 is 2.46. The van der Waals surface area contributed by atoms with E-state index < -0.39 is 0 Å². The first kappa shape index (κ1) is 16.8. The summed E-state index contributed by atoms with van der Waals surface area (Å²) in [6.45, 7) is 3.03. The molecule has 0 saturated heterocycles. The van der Waals surface area contributed by atoms with Crippen molar-refractivity contribution in [3.8, 4) is 0 Å². The normalized spacial score (nSPS) is 12.7. The first-order chi connectivity index (χ1) is 9.52. The summed E-state index contributed by atoms with van der Waals surface area (Å²) in [5, 5.41) is 4.26. The van der Waals surface area contributed by atoms with Crippen LogP contribution in [0.4, 0.5) is 0 Å². The van der Waals surface area contributed by atoms with Gasteiger partial charge in [0.1, 0.15) is 0 Å². The molecule has 6 heteroatoms. The smallest absolute Gasteiger partial charge is 0.0995 e. The van der Waals surface area contributed by atoms with E-state index >= 15 is 0 Å². The molecule has 0 aliphatic heterocycles. The quantitative estimate of drug-likeness (QED) is 0.509. The molecule has 1 N–H and O–H groups in total. The lowest BCUT2D eigenvalue weighted by molar-refractivity contribution is 0.600. The van der Waals surface area contributed by atoms with E-state index in [-0.39, 0.29) is 6.04 Å². The van der Waals surface area contributed by atoms with E-state index in [1.54, 1.807) is 0 Å². The van der Waals surface area contributed by atoms with Crippen molar-refractivity contribution in [1.82, 2.24) is 5.32 Å². The molecule has 0 aliphatic carbocycles. The van der Waals surface area contributed by atoms with Gasteiger partial charge in [0.15, 0.2) is 0 Å². The van der Waals surface area contributed by atoms with E-state index in [1.807, 2.05) is 18.2 Å². The third-order valence-electron chi connectivity index (χ3n) is 2.87. The number of thiophene rings is 1. The van der Waals surface area contributed by atoms with Crippen molar-refractivity contribution < 1.29 is 0 Å². The second-order valence-corrected chi connectivity index (χ2v) is 8.20. The highest BCUT2D eigenvalue weighted by atomic mass is 127. The first-order valence-electron chi connectivity index (χ1n) is 6.16. The van der Waals surface area contributed by atoms with Crippen molar-refractivity contribution >= 4 is 68.7 Å². The van der Waals surface area contributed by atoms with Gasteiger partial charge < -0.3 is 5.32 Å². The largest absolute Gasteiger partial charge is 0.306 e. The van der Waals surface area contributed by atoms with Crippen LogP contribution in [0.3, 0.4) is 0 Å². The van der Waals surface area contributed by atoms with Gasteiger partial charge in [0.2, 0.25) is 0 Å². The molecule has 1 aromatic heterocycles. The second-order valence-electron chi connectivity index (χ2n) is 4.34. The summed E-state index contributed by atoms with van der Waals surface area (Å²) >= 11 is 22.2. The Morgan fingerprint density at radius 2 is 2.00 bits per heavy atom. The van der Waals surface area contributed by atoms with Crippen molar-refractivity contribution in [1.29, 1.82) is 0 Å². The van der Waals surface area contributed by atoms with E-state index in [0.29, 0.717) is 4.34 Å². The Labute approximate surface area is 151 Å². The lowest BCUT2D eigenvalue weighted by atomic mass is 10.0. The van der Waals surface area contributed by atoms with E-state index in [9.17, 15) is 0 Å². The molecule has 1 nitrogen and oxygen atoms in total. The van der Waals surface area contributed by atoms with Crippen LogP contribution in [0, 0.1) is 3.57 Å². The van der Waals surface area contributed by atoms with Crippen molar-refractivity contribution in [2.45, 2.75) is 19.4 Å². The second kappa shape index (κ2) is 7.65. The summed E-state index contributed by atoms with van der Waals surface area (Å²) in [5.74, 6) is 0. The Balaban J connectivity index is 2.41. The zero-order chi connectivity index (χ0) is 14.7. The number of benzene rings is 1. The maximum Gasteiger partial charge on any atom is 0.0995 e. The van der Waals surface area contributed by atoms with Crippen molar-refractivity contribution in [3.05, 3.63) is 52.7 Å². The molecular weight excluding hydrogens is 447 g/mol. The summed E-state index contributed by atoms with van der Waals surface area (Å²) in [7, 11) is 0. The van der Waals surface area contributed by atoms with Crippen molar-refractivity contribution in [2.24, 2.45) is 0 Å². The summed E-state index contributed by atoms with van der Waals surface area (Å²) in [6.07, 6.45) is 1.05. The van der Waals surface area contributed by atoms with Gasteiger partial charge in [-0.2, -0.15) is 0 Å². The van der Waals surface area contributed by atoms with Gasteiger partial charge in [0, 0.05) is 9.13 Å². The molecule has 0 amide bonds. The van der Waals surface area contributed by atoms with Crippen LogP contribution in [0.25, 0.3) is 0 Å². The Morgan fingerprint density at radius 3 is 2.55 bits per heavy atom. The molecule has 0 aliphatic rings. The highest BCUT2D eigenvalue weighted by Gasteiger charge is 2.19. The van der Waals surface area contributed by atoms with Crippen molar-refractivity contribution in [2.75, 3.05) is 6.54 Å². The molecule has 0 fully saturated rings. The Bertz CT molecular complexity index is 600. The molecule has 108 valence electrons. The minimum absolute atomic E-state index is 0.0145. The molecule has 0 bridgehead atoms. The number of halogens is 4. The van der Waals surface area contributed by atoms with Crippen molar-refractivity contribution in [3.63, 3.8) is 0 Å². The van der Waals surface area contributed by atoms with E-state index in [2.05, 4.69) is 40.9 Å². The summed E-state index contributed by atoms with van der Waals surface area (Å²) in [4.78, 5) is 0. The lowest BCUT2D eigenvalue weighted by Crippen LogP contribution is -2.23. The zero-order valence-electron chi connectivity index (χ0n) is 10.7. The van der Waals surface area contributed by atoms with Crippen LogP contribution in [0.1, 0.15) is 30.5 Å². The number of nitrogens with one attached hydrogen (secondary N) is 1. The van der Waals surface area contributed by atoms with Gasteiger partial charge in [0.05, 0.1) is 19.7 Å². The van der Waals surface area contributed by atoms with Gasteiger partial charge in [-0.15, -0.1) is 11.3 Å². The third-order valence-corrected chi connectivity index (χ3v) is 5.96. The monoisotopic (exact) mass is 459 g/mol. The molecule has 1 unspecified atom stereocenters. The topological polar surface area (TPSA) is 12.0 Å². The van der Waals surface area contributed by atoms with Gasteiger partial charge >= 0.3 is 0 Å². The maximum atomic E-state index is 6.30. The van der Waals surface area contributed by atoms with Gasteiger partial charge in [-0.3, -0.25) is 0 Å². The Hall–Kier alpha value is 0.480. The molecule has 1 heterocycles. The van der Waals surface area contributed by atoms with Gasteiger partial charge in [-0.25, -0.2) is 0 Å². The standard InChI is InChI=1S/C14H13Cl3INS/c1-2-5-19-13(9-7-12(16)20-14(9)17)8-3-4-11(18)10(15)6-8/h3-4,6-7,13,19H,2,5H2,1H3. The van der Waals surface area contributed by atoms with Crippen LogP contribution < -0.4 is 5.32 Å². The fourth-order valence-corrected chi connectivity index (χ4v) is 3.99. The van der Waals surface area contributed by atoms with E-state index in [4.69, 9.17) is 34.8 Å². The van der Waals surface area contributed by atoms with E-state index in [0.717, 1.165) is 37.0 Å². The Morgan fingerprint density at radius 1 is 1.25 bits per heavy atom. The third kappa shape index (κ3) is 4.02. The number of hydrogen-bond acceptors (Lipinski definition) is 2. The fourth-order valence-electron chi connectivity index (χ4n) is 1.94. The molecule has 0 saturated carbocycles. The minimum Gasteiger partial charge on any atom is -0.306 e. The SMILES string of the molecule is CCCNC(c1ccc(I)c(Cl)c1)c1cc(Cl)sc1Cl. The number of hydrogen-bond donors (Lipinski definition) is 1. The highest BCUT2D eigenvalue weighted by molar-refractivity contribution is 14.1. The molecule has 1 atom stereocenters. The molecular formula is C14H13Cl3INS. The molecule has 1 aromatic carbocycles. The predicted molar refractivity (Wildman–Crippen MR) is 98.6 cm³/mol. The maximum absolute atomic E-state index is 6.30. The average molecular weight is 461 g/mol. The van der Waals surface area contributed by atoms with E-state index in [1.165, 1.54) is 11.3 Å². The van der Waals surface area contributed by atoms with Gasteiger partial charge in [-0.1, -0.05) is 47.8 Å².